The molecule has 0 aromatic heterocycles. The molecule has 2 aromatic carbocycles. The van der Waals surface area contributed by atoms with E-state index in [-0.39, 0.29) is 14.9 Å². The lowest BCUT2D eigenvalue weighted by Gasteiger charge is -2.37. The second-order valence-corrected chi connectivity index (χ2v) is 11.0. The SMILES string of the molecule is C.C.CCC1(c2ccc(Cl)c(Cl)c2)CCCCC1.O=C(O)C1(c2ccc(Cl)c(Cl)c2)CCCCC1. The van der Waals surface area contributed by atoms with Gasteiger partial charge in [-0.25, -0.2) is 0 Å². The van der Waals surface area contributed by atoms with Crippen LogP contribution < -0.4 is 0 Å². The molecule has 0 radical (unpaired) electrons. The number of halogens is 4. The van der Waals surface area contributed by atoms with Crippen molar-refractivity contribution >= 4 is 52.4 Å². The Hall–Kier alpha value is -0.930. The molecule has 196 valence electrons. The van der Waals surface area contributed by atoms with Crippen molar-refractivity contribution in [3.05, 3.63) is 67.6 Å². The summed E-state index contributed by atoms with van der Waals surface area (Å²) in [5, 5.41) is 11.8. The number of carboxylic acids is 1. The van der Waals surface area contributed by atoms with E-state index in [1.54, 1.807) is 18.2 Å². The van der Waals surface area contributed by atoms with E-state index in [0.29, 0.717) is 38.3 Å². The summed E-state index contributed by atoms with van der Waals surface area (Å²) in [6, 6.07) is 11.3. The molecule has 35 heavy (non-hydrogen) atoms. The van der Waals surface area contributed by atoms with Crippen LogP contribution in [0.15, 0.2) is 36.4 Å². The molecule has 6 heteroatoms. The third-order valence-electron chi connectivity index (χ3n) is 7.61. The zero-order chi connectivity index (χ0) is 24.1. The smallest absolute Gasteiger partial charge is 0.314 e. The van der Waals surface area contributed by atoms with E-state index in [1.807, 2.05) is 6.07 Å². The van der Waals surface area contributed by atoms with E-state index in [0.717, 1.165) is 24.8 Å². The lowest BCUT2D eigenvalue weighted by Crippen LogP contribution is -2.37. The molecular weight excluding hydrogens is 522 g/mol. The number of carboxylic acid groups (broad SMARTS) is 1. The Labute approximate surface area is 232 Å². The van der Waals surface area contributed by atoms with Crippen LogP contribution in [-0.4, -0.2) is 11.1 Å². The normalized spacial score (nSPS) is 18.2. The van der Waals surface area contributed by atoms with E-state index in [9.17, 15) is 9.90 Å². The van der Waals surface area contributed by atoms with Crippen LogP contribution in [0.3, 0.4) is 0 Å². The van der Waals surface area contributed by atoms with Gasteiger partial charge in [0.1, 0.15) is 0 Å². The summed E-state index contributed by atoms with van der Waals surface area (Å²) in [6.45, 7) is 2.29. The van der Waals surface area contributed by atoms with Crippen LogP contribution in [0.1, 0.15) is 104 Å². The van der Waals surface area contributed by atoms with Crippen LogP contribution in [0.4, 0.5) is 0 Å². The minimum absolute atomic E-state index is 0. The molecule has 0 saturated heterocycles. The Morgan fingerprint density at radius 1 is 0.714 bits per heavy atom. The van der Waals surface area contributed by atoms with Gasteiger partial charge in [-0.2, -0.15) is 0 Å². The molecule has 2 fully saturated rings. The first-order valence-corrected chi connectivity index (χ1v) is 13.4. The minimum Gasteiger partial charge on any atom is -0.481 e. The molecule has 0 amide bonds. The first-order valence-electron chi connectivity index (χ1n) is 11.9. The fourth-order valence-corrected chi connectivity index (χ4v) is 6.07. The van der Waals surface area contributed by atoms with E-state index in [2.05, 4.69) is 19.1 Å². The summed E-state index contributed by atoms with van der Waals surface area (Å²) in [7, 11) is 0. The molecule has 0 atom stereocenters. The maximum absolute atomic E-state index is 11.6. The van der Waals surface area contributed by atoms with Crippen molar-refractivity contribution in [3.8, 4) is 0 Å². The van der Waals surface area contributed by atoms with Crippen LogP contribution >= 0.6 is 46.4 Å². The van der Waals surface area contributed by atoms with Gasteiger partial charge in [0.25, 0.3) is 0 Å². The Morgan fingerprint density at radius 2 is 1.14 bits per heavy atom. The number of hydrogen-bond donors (Lipinski definition) is 1. The Morgan fingerprint density at radius 3 is 1.57 bits per heavy atom. The molecule has 0 spiro atoms. The van der Waals surface area contributed by atoms with Gasteiger partial charge in [0.2, 0.25) is 0 Å². The highest BCUT2D eigenvalue weighted by atomic mass is 35.5. The zero-order valence-corrected chi connectivity index (χ0v) is 22.1. The van der Waals surface area contributed by atoms with E-state index < -0.39 is 11.4 Å². The first kappa shape index (κ1) is 32.1. The maximum atomic E-state index is 11.6. The van der Waals surface area contributed by atoms with Crippen LogP contribution in [0.25, 0.3) is 0 Å². The molecule has 2 saturated carbocycles. The number of rotatable bonds is 4. The van der Waals surface area contributed by atoms with Crippen molar-refractivity contribution < 1.29 is 9.90 Å². The monoisotopic (exact) mass is 560 g/mol. The predicted molar refractivity (Wildman–Crippen MR) is 154 cm³/mol. The summed E-state index contributed by atoms with van der Waals surface area (Å²) in [5.41, 5.74) is 1.74. The number of aliphatic carboxylic acids is 1. The highest BCUT2D eigenvalue weighted by Gasteiger charge is 2.41. The van der Waals surface area contributed by atoms with E-state index in [4.69, 9.17) is 46.4 Å². The van der Waals surface area contributed by atoms with Crippen LogP contribution in [0.5, 0.6) is 0 Å². The molecule has 2 aliphatic carbocycles. The number of benzene rings is 2. The fraction of sp³-hybridized carbons (Fsp3) is 0.552. The van der Waals surface area contributed by atoms with E-state index in [1.165, 1.54) is 44.1 Å². The van der Waals surface area contributed by atoms with Crippen molar-refractivity contribution in [3.63, 3.8) is 0 Å². The molecule has 0 unspecified atom stereocenters. The Kier molecular flexibility index (Phi) is 13.0. The summed E-state index contributed by atoms with van der Waals surface area (Å²) in [4.78, 5) is 11.6. The fourth-order valence-electron chi connectivity index (χ4n) is 5.48. The molecule has 0 heterocycles. The first-order chi connectivity index (χ1) is 15.7. The van der Waals surface area contributed by atoms with Gasteiger partial charge in [-0.1, -0.05) is 119 Å². The topological polar surface area (TPSA) is 37.3 Å². The summed E-state index contributed by atoms with van der Waals surface area (Å²) in [5.74, 6) is -0.754. The van der Waals surface area contributed by atoms with Gasteiger partial charge in [-0.15, -0.1) is 0 Å². The van der Waals surface area contributed by atoms with Gasteiger partial charge in [0.05, 0.1) is 25.5 Å². The van der Waals surface area contributed by atoms with Crippen molar-refractivity contribution in [1.82, 2.24) is 0 Å². The average molecular weight is 562 g/mol. The standard InChI is InChI=1S/C14H18Cl2.C13H14Cl2O2.2CH4/c1-2-14(8-4-3-5-9-14)11-6-7-12(15)13(16)10-11;14-10-5-4-9(8-11(10)15)13(12(16)17)6-2-1-3-7-13;;/h6-7,10H,2-5,8-9H2,1H3;4-5,8H,1-3,6-7H2,(H,16,17);2*1H4. The maximum Gasteiger partial charge on any atom is 0.314 e. The lowest BCUT2D eigenvalue weighted by molar-refractivity contribution is -0.145. The second kappa shape index (κ2) is 14.1. The number of carbonyl (C=O) groups is 1. The molecule has 2 aliphatic rings. The van der Waals surface area contributed by atoms with Crippen molar-refractivity contribution in [2.24, 2.45) is 0 Å². The Balaban J connectivity index is 0.000000332. The molecule has 1 N–H and O–H groups in total. The van der Waals surface area contributed by atoms with Crippen LogP contribution in [0, 0.1) is 0 Å². The molecule has 2 nitrogen and oxygen atoms in total. The average Bonchev–Trinajstić information content (AvgIpc) is 2.83. The van der Waals surface area contributed by atoms with Crippen LogP contribution in [-0.2, 0) is 15.6 Å². The zero-order valence-electron chi connectivity index (χ0n) is 19.1. The minimum atomic E-state index is -0.771. The molecular formula is C29H40Cl4O2. The van der Waals surface area contributed by atoms with E-state index >= 15 is 0 Å². The summed E-state index contributed by atoms with van der Waals surface area (Å²) >= 11 is 23.9. The van der Waals surface area contributed by atoms with Gasteiger partial charge >= 0.3 is 5.97 Å². The van der Waals surface area contributed by atoms with Gasteiger partial charge in [-0.05, 0) is 72.9 Å². The van der Waals surface area contributed by atoms with Gasteiger partial charge in [0.15, 0.2) is 0 Å². The largest absolute Gasteiger partial charge is 0.481 e. The summed E-state index contributed by atoms with van der Waals surface area (Å²) in [6.07, 6.45) is 12.2. The Bertz CT molecular complexity index is 961. The summed E-state index contributed by atoms with van der Waals surface area (Å²) < 4.78 is 0. The molecule has 2 aromatic rings. The van der Waals surface area contributed by atoms with Crippen LogP contribution in [0.2, 0.25) is 20.1 Å². The molecule has 0 aliphatic heterocycles. The highest BCUT2D eigenvalue weighted by molar-refractivity contribution is 6.42. The van der Waals surface area contributed by atoms with Gasteiger partial charge in [0, 0.05) is 0 Å². The number of hydrogen-bond acceptors (Lipinski definition) is 1. The van der Waals surface area contributed by atoms with Gasteiger partial charge in [-0.3, -0.25) is 4.79 Å². The van der Waals surface area contributed by atoms with Gasteiger partial charge < -0.3 is 5.11 Å². The molecule has 0 bridgehead atoms. The highest BCUT2D eigenvalue weighted by Crippen LogP contribution is 2.44. The predicted octanol–water partition coefficient (Wildman–Crippen LogP) is 11.2. The van der Waals surface area contributed by atoms with Crippen molar-refractivity contribution in [1.29, 1.82) is 0 Å². The second-order valence-electron chi connectivity index (χ2n) is 9.40. The third-order valence-corrected chi connectivity index (χ3v) is 9.09. The molecule has 4 rings (SSSR count). The third kappa shape index (κ3) is 7.31. The quantitative estimate of drug-likeness (QED) is 0.403. The lowest BCUT2D eigenvalue weighted by atomic mass is 9.68. The van der Waals surface area contributed by atoms with Crippen molar-refractivity contribution in [2.45, 2.75) is 103 Å². The van der Waals surface area contributed by atoms with Crippen molar-refractivity contribution in [2.75, 3.05) is 0 Å².